The number of carbonyl (C=O) groups is 1. The minimum atomic E-state index is -0.00572. The molecule has 0 radical (unpaired) electrons. The summed E-state index contributed by atoms with van der Waals surface area (Å²) in [6, 6.07) is 22.7. The summed E-state index contributed by atoms with van der Waals surface area (Å²) in [5.74, 6) is 0.894. The molecule has 0 unspecified atom stereocenters. The number of nitrogens with one attached hydrogen (secondary N) is 1. The van der Waals surface area contributed by atoms with Crippen molar-refractivity contribution >= 4 is 27.7 Å². The SMILES string of the molecule is CCOCCCNC(=O)Cn1c(Cc2cccc3ccccc23)nc2ccccc21. The molecule has 1 amide bonds. The third kappa shape index (κ3) is 4.52. The van der Waals surface area contributed by atoms with Gasteiger partial charge < -0.3 is 14.6 Å². The predicted molar refractivity (Wildman–Crippen MR) is 121 cm³/mol. The zero-order valence-corrected chi connectivity index (χ0v) is 17.3. The van der Waals surface area contributed by atoms with E-state index in [-0.39, 0.29) is 12.5 Å². The molecule has 4 rings (SSSR count). The van der Waals surface area contributed by atoms with Crippen molar-refractivity contribution in [2.45, 2.75) is 26.3 Å². The first-order valence-electron chi connectivity index (χ1n) is 10.5. The van der Waals surface area contributed by atoms with E-state index in [0.717, 1.165) is 23.3 Å². The second-order valence-corrected chi connectivity index (χ2v) is 7.32. The van der Waals surface area contributed by atoms with E-state index in [1.54, 1.807) is 0 Å². The number of carbonyl (C=O) groups excluding carboxylic acids is 1. The number of rotatable bonds is 9. The van der Waals surface area contributed by atoms with Crippen LogP contribution in [0.2, 0.25) is 0 Å². The van der Waals surface area contributed by atoms with Crippen LogP contribution in [0.15, 0.2) is 66.7 Å². The zero-order valence-electron chi connectivity index (χ0n) is 17.3. The van der Waals surface area contributed by atoms with Gasteiger partial charge in [0, 0.05) is 26.2 Å². The Kier molecular flexibility index (Phi) is 6.40. The highest BCUT2D eigenvalue weighted by Gasteiger charge is 2.15. The van der Waals surface area contributed by atoms with Gasteiger partial charge in [0.05, 0.1) is 11.0 Å². The first-order valence-corrected chi connectivity index (χ1v) is 10.5. The highest BCUT2D eigenvalue weighted by Crippen LogP contribution is 2.23. The number of hydrogen-bond acceptors (Lipinski definition) is 3. The number of hydrogen-bond donors (Lipinski definition) is 1. The monoisotopic (exact) mass is 401 g/mol. The fourth-order valence-electron chi connectivity index (χ4n) is 3.80. The van der Waals surface area contributed by atoms with E-state index in [4.69, 9.17) is 9.72 Å². The lowest BCUT2D eigenvalue weighted by molar-refractivity contribution is -0.121. The molecule has 5 heteroatoms. The lowest BCUT2D eigenvalue weighted by atomic mass is 10.0. The topological polar surface area (TPSA) is 56.1 Å². The van der Waals surface area contributed by atoms with Gasteiger partial charge in [-0.2, -0.15) is 0 Å². The second-order valence-electron chi connectivity index (χ2n) is 7.32. The van der Waals surface area contributed by atoms with E-state index in [1.165, 1.54) is 16.3 Å². The van der Waals surface area contributed by atoms with Crippen molar-refractivity contribution in [1.29, 1.82) is 0 Å². The van der Waals surface area contributed by atoms with E-state index in [1.807, 2.05) is 35.8 Å². The molecule has 4 aromatic rings. The highest BCUT2D eigenvalue weighted by atomic mass is 16.5. The van der Waals surface area contributed by atoms with Gasteiger partial charge in [-0.05, 0) is 41.8 Å². The van der Waals surface area contributed by atoms with E-state index >= 15 is 0 Å². The summed E-state index contributed by atoms with van der Waals surface area (Å²) in [6.07, 6.45) is 1.49. The number of fused-ring (bicyclic) bond motifs is 2. The van der Waals surface area contributed by atoms with Crippen LogP contribution in [0, 0.1) is 0 Å². The maximum atomic E-state index is 12.6. The van der Waals surface area contributed by atoms with Gasteiger partial charge in [-0.3, -0.25) is 4.79 Å². The quantitative estimate of drug-likeness (QED) is 0.425. The van der Waals surface area contributed by atoms with Gasteiger partial charge in [-0.15, -0.1) is 0 Å². The molecule has 0 spiro atoms. The van der Waals surface area contributed by atoms with Crippen LogP contribution in [0.3, 0.4) is 0 Å². The Labute approximate surface area is 176 Å². The summed E-state index contributed by atoms with van der Waals surface area (Å²) in [4.78, 5) is 17.5. The van der Waals surface area contributed by atoms with Crippen molar-refractivity contribution in [3.05, 3.63) is 78.1 Å². The smallest absolute Gasteiger partial charge is 0.240 e. The van der Waals surface area contributed by atoms with Crippen LogP contribution >= 0.6 is 0 Å². The van der Waals surface area contributed by atoms with Crippen molar-refractivity contribution in [3.8, 4) is 0 Å². The van der Waals surface area contributed by atoms with Crippen LogP contribution < -0.4 is 5.32 Å². The Morgan fingerprint density at radius 3 is 2.73 bits per heavy atom. The molecule has 30 heavy (non-hydrogen) atoms. The molecule has 0 aliphatic carbocycles. The maximum absolute atomic E-state index is 12.6. The molecule has 3 aromatic carbocycles. The Morgan fingerprint density at radius 1 is 1.03 bits per heavy atom. The van der Waals surface area contributed by atoms with Crippen LogP contribution in [-0.2, 0) is 22.5 Å². The van der Waals surface area contributed by atoms with E-state index in [9.17, 15) is 4.79 Å². The summed E-state index contributed by atoms with van der Waals surface area (Å²) in [5, 5.41) is 5.43. The molecule has 0 fully saturated rings. The molecular weight excluding hydrogens is 374 g/mol. The van der Waals surface area contributed by atoms with Crippen LogP contribution in [0.1, 0.15) is 24.7 Å². The molecule has 0 saturated heterocycles. The number of amides is 1. The molecule has 0 aliphatic rings. The average Bonchev–Trinajstić information content (AvgIpc) is 3.11. The molecule has 5 nitrogen and oxygen atoms in total. The summed E-state index contributed by atoms with van der Waals surface area (Å²) in [7, 11) is 0. The third-order valence-electron chi connectivity index (χ3n) is 5.26. The number of ether oxygens (including phenoxy) is 1. The number of aromatic nitrogens is 2. The van der Waals surface area contributed by atoms with Gasteiger partial charge in [0.25, 0.3) is 0 Å². The molecule has 0 bridgehead atoms. The second kappa shape index (κ2) is 9.55. The van der Waals surface area contributed by atoms with Crippen LogP contribution in [0.25, 0.3) is 21.8 Å². The number of benzene rings is 3. The highest BCUT2D eigenvalue weighted by molar-refractivity contribution is 5.86. The van der Waals surface area contributed by atoms with Gasteiger partial charge in [0.2, 0.25) is 5.91 Å². The van der Waals surface area contributed by atoms with Gasteiger partial charge >= 0.3 is 0 Å². The molecule has 1 N–H and O–H groups in total. The third-order valence-corrected chi connectivity index (χ3v) is 5.26. The standard InChI is InChI=1S/C25H27N3O2/c1-2-30-16-8-15-26-25(29)18-28-23-14-6-5-13-22(23)27-24(28)17-20-11-7-10-19-9-3-4-12-21(19)20/h3-7,9-14H,2,8,15-18H2,1H3,(H,26,29). The molecule has 154 valence electrons. The molecule has 0 saturated carbocycles. The summed E-state index contributed by atoms with van der Waals surface area (Å²) in [6.45, 7) is 4.21. The first-order chi connectivity index (χ1) is 14.8. The van der Waals surface area contributed by atoms with E-state index < -0.39 is 0 Å². The number of imidazole rings is 1. The van der Waals surface area contributed by atoms with Crippen molar-refractivity contribution in [1.82, 2.24) is 14.9 Å². The van der Waals surface area contributed by atoms with Crippen molar-refractivity contribution in [3.63, 3.8) is 0 Å². The minimum absolute atomic E-state index is 0.00572. The molecule has 0 atom stereocenters. The normalized spacial score (nSPS) is 11.2. The van der Waals surface area contributed by atoms with E-state index in [2.05, 4.69) is 47.8 Å². The summed E-state index contributed by atoms with van der Waals surface area (Å²) in [5.41, 5.74) is 3.11. The average molecular weight is 402 g/mol. The van der Waals surface area contributed by atoms with Crippen LogP contribution in [0.5, 0.6) is 0 Å². The fraction of sp³-hybridized carbons (Fsp3) is 0.280. The molecule has 1 heterocycles. The van der Waals surface area contributed by atoms with Gasteiger partial charge in [-0.1, -0.05) is 54.6 Å². The Bertz CT molecular complexity index is 1140. The molecule has 0 aliphatic heterocycles. The predicted octanol–water partition coefficient (Wildman–Crippen LogP) is 4.32. The van der Waals surface area contributed by atoms with Crippen molar-refractivity contribution < 1.29 is 9.53 Å². The van der Waals surface area contributed by atoms with Gasteiger partial charge in [0.15, 0.2) is 0 Å². The van der Waals surface area contributed by atoms with Crippen molar-refractivity contribution in [2.24, 2.45) is 0 Å². The van der Waals surface area contributed by atoms with Gasteiger partial charge in [0.1, 0.15) is 12.4 Å². The summed E-state index contributed by atoms with van der Waals surface area (Å²) >= 11 is 0. The molecular formula is C25H27N3O2. The van der Waals surface area contributed by atoms with E-state index in [0.29, 0.717) is 26.2 Å². The first kappa shape index (κ1) is 20.1. The lowest BCUT2D eigenvalue weighted by Crippen LogP contribution is -2.29. The Morgan fingerprint density at radius 2 is 1.83 bits per heavy atom. The van der Waals surface area contributed by atoms with Gasteiger partial charge in [-0.25, -0.2) is 4.98 Å². The number of nitrogens with zero attached hydrogens (tertiary/aromatic N) is 2. The largest absolute Gasteiger partial charge is 0.382 e. The zero-order chi connectivity index (χ0) is 20.8. The Hall–Kier alpha value is -3.18. The Balaban J connectivity index is 1.58. The minimum Gasteiger partial charge on any atom is -0.382 e. The lowest BCUT2D eigenvalue weighted by Gasteiger charge is -2.11. The fourth-order valence-corrected chi connectivity index (χ4v) is 3.80. The number of para-hydroxylation sites is 2. The summed E-state index contributed by atoms with van der Waals surface area (Å²) < 4.78 is 7.37. The van der Waals surface area contributed by atoms with Crippen LogP contribution in [0.4, 0.5) is 0 Å². The van der Waals surface area contributed by atoms with Crippen LogP contribution in [-0.4, -0.2) is 35.2 Å². The van der Waals surface area contributed by atoms with Crippen molar-refractivity contribution in [2.75, 3.05) is 19.8 Å². The maximum Gasteiger partial charge on any atom is 0.240 e. The molecule has 1 aromatic heterocycles.